The van der Waals surface area contributed by atoms with Crippen molar-refractivity contribution in [1.29, 1.82) is 0 Å². The summed E-state index contributed by atoms with van der Waals surface area (Å²) in [4.78, 5) is 11.4. The molecule has 1 saturated heterocycles. The fraction of sp³-hybridized carbons (Fsp3) is 0.615. The predicted octanol–water partition coefficient (Wildman–Crippen LogP) is 2.13. The molecule has 2 aromatic heterocycles. The Kier molecular flexibility index (Phi) is 3.06. The first-order valence-corrected chi connectivity index (χ1v) is 8.14. The summed E-state index contributed by atoms with van der Waals surface area (Å²) < 4.78 is 2.02. The molecule has 7 heteroatoms. The molecular weight excluding hydrogens is 272 g/mol. The van der Waals surface area contributed by atoms with Crippen molar-refractivity contribution in [2.75, 3.05) is 29.9 Å². The summed E-state index contributed by atoms with van der Waals surface area (Å²) >= 11 is 1.70. The van der Waals surface area contributed by atoms with Crippen molar-refractivity contribution < 1.29 is 0 Å². The Hall–Kier alpha value is -1.63. The largest absolute Gasteiger partial charge is 0.354 e. The zero-order valence-electron chi connectivity index (χ0n) is 11.3. The maximum atomic E-state index is 4.75. The quantitative estimate of drug-likeness (QED) is 0.918. The Morgan fingerprint density at radius 2 is 2.15 bits per heavy atom. The molecule has 106 valence electrons. The average Bonchev–Trinajstić information content (AvgIpc) is 3.17. The second kappa shape index (κ2) is 5.05. The van der Waals surface area contributed by atoms with Crippen molar-refractivity contribution in [3.63, 3.8) is 0 Å². The van der Waals surface area contributed by atoms with E-state index in [1.54, 1.807) is 11.3 Å². The van der Waals surface area contributed by atoms with Crippen LogP contribution in [-0.4, -0.2) is 39.4 Å². The predicted molar refractivity (Wildman–Crippen MR) is 79.4 cm³/mol. The summed E-state index contributed by atoms with van der Waals surface area (Å²) in [5.74, 6) is 1.76. The van der Waals surface area contributed by atoms with Crippen LogP contribution in [-0.2, 0) is 0 Å². The van der Waals surface area contributed by atoms with Crippen molar-refractivity contribution in [2.45, 2.75) is 31.7 Å². The van der Waals surface area contributed by atoms with E-state index in [-0.39, 0.29) is 6.04 Å². The van der Waals surface area contributed by atoms with Crippen LogP contribution in [0.15, 0.2) is 11.6 Å². The smallest absolute Gasteiger partial charge is 0.246 e. The highest BCUT2D eigenvalue weighted by atomic mass is 32.1. The zero-order chi connectivity index (χ0) is 13.4. The standard InChI is InChI=1S/C13H18N6S/c1-2-7-18(8-3-1)13-16-12-15-5-4-10(19(12)17-13)11-14-6-9-20-11/h6,9-10H,1-5,7-8H2,(H,15,16,17). The van der Waals surface area contributed by atoms with E-state index in [1.165, 1.54) is 19.3 Å². The third-order valence-corrected chi connectivity index (χ3v) is 4.87. The van der Waals surface area contributed by atoms with Crippen molar-refractivity contribution in [2.24, 2.45) is 0 Å². The molecule has 0 saturated carbocycles. The SMILES string of the molecule is c1csc(C2CCNc3nc(N4CCCCC4)nn32)n1. The van der Waals surface area contributed by atoms with Crippen LogP contribution in [0.3, 0.4) is 0 Å². The Labute approximate surface area is 121 Å². The van der Waals surface area contributed by atoms with Crippen LogP contribution in [0.4, 0.5) is 11.9 Å². The maximum absolute atomic E-state index is 4.75. The normalized spacial score (nSPS) is 22.4. The van der Waals surface area contributed by atoms with E-state index in [1.807, 2.05) is 16.3 Å². The highest BCUT2D eigenvalue weighted by Gasteiger charge is 2.27. The van der Waals surface area contributed by atoms with E-state index in [9.17, 15) is 0 Å². The molecule has 1 unspecified atom stereocenters. The van der Waals surface area contributed by atoms with Gasteiger partial charge in [-0.3, -0.25) is 0 Å². The molecule has 0 spiro atoms. The lowest BCUT2D eigenvalue weighted by atomic mass is 10.1. The first-order chi connectivity index (χ1) is 9.92. The number of rotatable bonds is 2. The lowest BCUT2D eigenvalue weighted by molar-refractivity contribution is 0.475. The van der Waals surface area contributed by atoms with Gasteiger partial charge >= 0.3 is 0 Å². The Balaban J connectivity index is 1.66. The Morgan fingerprint density at radius 1 is 1.25 bits per heavy atom. The van der Waals surface area contributed by atoms with Crippen LogP contribution in [0.25, 0.3) is 0 Å². The van der Waals surface area contributed by atoms with Crippen LogP contribution < -0.4 is 10.2 Å². The molecule has 6 nitrogen and oxygen atoms in total. The van der Waals surface area contributed by atoms with E-state index < -0.39 is 0 Å². The van der Waals surface area contributed by atoms with Gasteiger partial charge in [-0.2, -0.15) is 4.98 Å². The third kappa shape index (κ3) is 2.06. The van der Waals surface area contributed by atoms with Gasteiger partial charge in [0.25, 0.3) is 0 Å². The number of anilines is 2. The number of thiazole rings is 1. The molecule has 4 rings (SSSR count). The topological polar surface area (TPSA) is 58.9 Å². The fourth-order valence-electron chi connectivity index (χ4n) is 2.95. The minimum absolute atomic E-state index is 0.234. The maximum Gasteiger partial charge on any atom is 0.246 e. The van der Waals surface area contributed by atoms with Gasteiger partial charge in [-0.05, 0) is 25.7 Å². The van der Waals surface area contributed by atoms with E-state index in [2.05, 4.69) is 20.2 Å². The van der Waals surface area contributed by atoms with Crippen molar-refractivity contribution in [1.82, 2.24) is 19.7 Å². The van der Waals surface area contributed by atoms with E-state index in [4.69, 9.17) is 5.10 Å². The molecular formula is C13H18N6S. The fourth-order valence-corrected chi connectivity index (χ4v) is 3.71. The summed E-state index contributed by atoms with van der Waals surface area (Å²) in [6.07, 6.45) is 6.69. The molecule has 0 amide bonds. The number of nitrogens with one attached hydrogen (secondary N) is 1. The van der Waals surface area contributed by atoms with Gasteiger partial charge in [-0.25, -0.2) is 9.67 Å². The van der Waals surface area contributed by atoms with Gasteiger partial charge < -0.3 is 10.2 Å². The molecule has 1 N–H and O–H groups in total. The van der Waals surface area contributed by atoms with E-state index in [0.717, 1.165) is 43.0 Å². The Morgan fingerprint density at radius 3 is 2.95 bits per heavy atom. The van der Waals surface area contributed by atoms with Crippen molar-refractivity contribution in [3.05, 3.63) is 16.6 Å². The number of nitrogens with zero attached hydrogens (tertiary/aromatic N) is 5. The summed E-state index contributed by atoms with van der Waals surface area (Å²) in [6, 6.07) is 0.234. The number of fused-ring (bicyclic) bond motifs is 1. The highest BCUT2D eigenvalue weighted by Crippen LogP contribution is 2.31. The van der Waals surface area contributed by atoms with Crippen LogP contribution >= 0.6 is 11.3 Å². The molecule has 2 aromatic rings. The van der Waals surface area contributed by atoms with Crippen LogP contribution in [0.5, 0.6) is 0 Å². The molecule has 1 fully saturated rings. The molecule has 0 aliphatic carbocycles. The number of piperidine rings is 1. The van der Waals surface area contributed by atoms with Gasteiger partial charge in [0.2, 0.25) is 11.9 Å². The molecule has 2 aliphatic heterocycles. The first-order valence-electron chi connectivity index (χ1n) is 7.26. The summed E-state index contributed by atoms with van der Waals surface area (Å²) in [7, 11) is 0. The van der Waals surface area contributed by atoms with Gasteiger partial charge in [0.15, 0.2) is 0 Å². The second-order valence-electron chi connectivity index (χ2n) is 5.33. The lowest BCUT2D eigenvalue weighted by Crippen LogP contribution is -2.30. The molecule has 0 aromatic carbocycles. The second-order valence-corrected chi connectivity index (χ2v) is 6.26. The summed E-state index contributed by atoms with van der Waals surface area (Å²) in [5.41, 5.74) is 0. The van der Waals surface area contributed by atoms with Crippen molar-refractivity contribution in [3.8, 4) is 0 Å². The molecule has 20 heavy (non-hydrogen) atoms. The highest BCUT2D eigenvalue weighted by molar-refractivity contribution is 7.09. The van der Waals surface area contributed by atoms with Gasteiger partial charge in [0.1, 0.15) is 11.0 Å². The first kappa shape index (κ1) is 12.1. The minimum Gasteiger partial charge on any atom is -0.354 e. The third-order valence-electron chi connectivity index (χ3n) is 3.99. The summed E-state index contributed by atoms with van der Waals surface area (Å²) in [5, 5.41) is 11.3. The average molecular weight is 290 g/mol. The van der Waals surface area contributed by atoms with Gasteiger partial charge in [0.05, 0.1) is 0 Å². The Bertz CT molecular complexity index is 572. The minimum atomic E-state index is 0.234. The zero-order valence-corrected chi connectivity index (χ0v) is 12.1. The molecule has 0 radical (unpaired) electrons. The molecule has 4 heterocycles. The van der Waals surface area contributed by atoms with Gasteiger partial charge in [-0.15, -0.1) is 16.4 Å². The number of hydrogen-bond donors (Lipinski definition) is 1. The number of aromatic nitrogens is 4. The van der Waals surface area contributed by atoms with Gasteiger partial charge in [-0.1, -0.05) is 0 Å². The summed E-state index contributed by atoms with van der Waals surface area (Å²) in [6.45, 7) is 3.08. The molecule has 1 atom stereocenters. The van der Waals surface area contributed by atoms with E-state index >= 15 is 0 Å². The molecule has 0 bridgehead atoms. The monoisotopic (exact) mass is 290 g/mol. The number of hydrogen-bond acceptors (Lipinski definition) is 6. The van der Waals surface area contributed by atoms with Crippen LogP contribution in [0, 0.1) is 0 Å². The van der Waals surface area contributed by atoms with Crippen LogP contribution in [0.2, 0.25) is 0 Å². The van der Waals surface area contributed by atoms with Gasteiger partial charge in [0, 0.05) is 31.2 Å². The van der Waals surface area contributed by atoms with E-state index in [0.29, 0.717) is 0 Å². The van der Waals surface area contributed by atoms with Crippen molar-refractivity contribution >= 4 is 23.2 Å². The lowest BCUT2D eigenvalue weighted by Gasteiger charge is -2.25. The van der Waals surface area contributed by atoms with Crippen LogP contribution in [0.1, 0.15) is 36.7 Å². The molecule has 2 aliphatic rings.